The van der Waals surface area contributed by atoms with Crippen LogP contribution < -0.4 is 0 Å². The highest BCUT2D eigenvalue weighted by molar-refractivity contribution is 5.78. The highest BCUT2D eigenvalue weighted by Gasteiger charge is 2.17. The fourth-order valence-electron chi connectivity index (χ4n) is 1.81. The van der Waals surface area contributed by atoms with Gasteiger partial charge in [-0.25, -0.2) is 0 Å². The van der Waals surface area contributed by atoms with Crippen molar-refractivity contribution >= 4 is 11.0 Å². The summed E-state index contributed by atoms with van der Waals surface area (Å²) < 4.78 is 5.58. The number of aliphatic hydroxyl groups excluding tert-OH is 1. The van der Waals surface area contributed by atoms with Crippen LogP contribution in [0.1, 0.15) is 23.1 Å². The molecule has 1 atom stereocenters. The number of rotatable bonds is 2. The molecule has 1 aromatic carbocycles. The van der Waals surface area contributed by atoms with E-state index in [0.29, 0.717) is 11.5 Å². The Morgan fingerprint density at radius 3 is 3.00 bits per heavy atom. The normalized spacial score (nSPS) is 13.1. The van der Waals surface area contributed by atoms with E-state index in [9.17, 15) is 5.11 Å². The van der Waals surface area contributed by atoms with Gasteiger partial charge >= 0.3 is 0 Å². The van der Waals surface area contributed by atoms with Crippen molar-refractivity contribution in [1.29, 1.82) is 0 Å². The smallest absolute Gasteiger partial charge is 0.157 e. The Morgan fingerprint density at radius 1 is 1.35 bits per heavy atom. The van der Waals surface area contributed by atoms with E-state index in [1.165, 1.54) is 6.20 Å². The number of furan rings is 1. The number of hydrogen-bond acceptors (Lipinski definition) is 4. The minimum absolute atomic E-state index is 0.445. The Balaban J connectivity index is 2.06. The third kappa shape index (κ3) is 1.70. The predicted octanol–water partition coefficient (Wildman–Crippen LogP) is 1.94. The summed E-state index contributed by atoms with van der Waals surface area (Å²) in [5, 5.41) is 21.0. The lowest BCUT2D eigenvalue weighted by Gasteiger charge is -2.01. The van der Waals surface area contributed by atoms with Gasteiger partial charge in [-0.3, -0.25) is 0 Å². The van der Waals surface area contributed by atoms with Gasteiger partial charge in [0.05, 0.1) is 6.20 Å². The summed E-state index contributed by atoms with van der Waals surface area (Å²) in [5.41, 5.74) is 2.36. The summed E-state index contributed by atoms with van der Waals surface area (Å²) in [7, 11) is 0. The average Bonchev–Trinajstić information content (AvgIpc) is 2.96. The first-order chi connectivity index (χ1) is 8.24. The maximum absolute atomic E-state index is 10.0. The molecule has 5 nitrogen and oxygen atoms in total. The number of aliphatic hydroxyl groups is 1. The van der Waals surface area contributed by atoms with Gasteiger partial charge in [0.15, 0.2) is 6.10 Å². The van der Waals surface area contributed by atoms with Crippen LogP contribution in [0, 0.1) is 6.92 Å². The van der Waals surface area contributed by atoms with Gasteiger partial charge in [0.25, 0.3) is 0 Å². The Hall–Kier alpha value is -2.14. The minimum Gasteiger partial charge on any atom is -0.458 e. The molecule has 0 saturated carbocycles. The van der Waals surface area contributed by atoms with E-state index in [2.05, 4.69) is 15.4 Å². The van der Waals surface area contributed by atoms with Crippen LogP contribution in [-0.4, -0.2) is 20.5 Å². The number of aryl methyl sites for hydroxylation is 1. The fraction of sp³-hybridized carbons (Fsp3) is 0.167. The lowest BCUT2D eigenvalue weighted by Crippen LogP contribution is -1.98. The second kappa shape index (κ2) is 3.71. The van der Waals surface area contributed by atoms with E-state index in [4.69, 9.17) is 4.42 Å². The van der Waals surface area contributed by atoms with Crippen LogP contribution in [0.15, 0.2) is 34.9 Å². The van der Waals surface area contributed by atoms with Crippen molar-refractivity contribution in [3.05, 3.63) is 47.5 Å². The SMILES string of the molecule is Cc1ccc2oc(C(O)c3cn[nH]n3)cc2c1. The van der Waals surface area contributed by atoms with Gasteiger partial charge in [0.2, 0.25) is 0 Å². The van der Waals surface area contributed by atoms with Crippen LogP contribution in [0.3, 0.4) is 0 Å². The number of aromatic nitrogens is 3. The Labute approximate surface area is 97.1 Å². The van der Waals surface area contributed by atoms with Crippen molar-refractivity contribution in [2.45, 2.75) is 13.0 Å². The highest BCUT2D eigenvalue weighted by Crippen LogP contribution is 2.27. The van der Waals surface area contributed by atoms with Gasteiger partial charge in [0.1, 0.15) is 17.0 Å². The predicted molar refractivity (Wildman–Crippen MR) is 61.4 cm³/mol. The average molecular weight is 229 g/mol. The number of nitrogens with zero attached hydrogens (tertiary/aromatic N) is 2. The van der Waals surface area contributed by atoms with Crippen LogP contribution >= 0.6 is 0 Å². The van der Waals surface area contributed by atoms with Crippen LogP contribution in [0.25, 0.3) is 11.0 Å². The summed E-state index contributed by atoms with van der Waals surface area (Å²) >= 11 is 0. The zero-order valence-corrected chi connectivity index (χ0v) is 9.21. The molecule has 0 aliphatic rings. The third-order valence-corrected chi connectivity index (χ3v) is 2.67. The maximum atomic E-state index is 10.0. The second-order valence-corrected chi connectivity index (χ2v) is 3.99. The first-order valence-corrected chi connectivity index (χ1v) is 5.28. The molecule has 3 aromatic rings. The minimum atomic E-state index is -0.888. The summed E-state index contributed by atoms with van der Waals surface area (Å²) in [5.74, 6) is 0.472. The van der Waals surface area contributed by atoms with Crippen LogP contribution in [0.4, 0.5) is 0 Å². The summed E-state index contributed by atoms with van der Waals surface area (Å²) in [6, 6.07) is 7.70. The molecule has 0 amide bonds. The molecule has 3 rings (SSSR count). The topological polar surface area (TPSA) is 74.9 Å². The van der Waals surface area contributed by atoms with E-state index in [0.717, 1.165) is 16.5 Å². The van der Waals surface area contributed by atoms with E-state index >= 15 is 0 Å². The fourth-order valence-corrected chi connectivity index (χ4v) is 1.81. The number of H-pyrrole nitrogens is 1. The summed E-state index contributed by atoms with van der Waals surface area (Å²) in [6.45, 7) is 2.01. The quantitative estimate of drug-likeness (QED) is 0.704. The number of benzene rings is 1. The molecule has 0 fully saturated rings. The molecular weight excluding hydrogens is 218 g/mol. The van der Waals surface area contributed by atoms with Gasteiger partial charge in [-0.05, 0) is 25.1 Å². The molecule has 86 valence electrons. The zero-order valence-electron chi connectivity index (χ0n) is 9.21. The molecule has 1 unspecified atom stereocenters. The standard InChI is InChI=1S/C12H11N3O2/c1-7-2-3-10-8(4-7)5-11(17-10)12(16)9-6-13-15-14-9/h2-6,12,16H,1H3,(H,13,14,15). The van der Waals surface area contributed by atoms with Crippen LogP contribution in [-0.2, 0) is 0 Å². The van der Waals surface area contributed by atoms with Gasteiger partial charge < -0.3 is 9.52 Å². The molecule has 2 N–H and O–H groups in total. The first-order valence-electron chi connectivity index (χ1n) is 5.28. The lowest BCUT2D eigenvalue weighted by molar-refractivity contribution is 0.187. The monoisotopic (exact) mass is 229 g/mol. The molecule has 5 heteroatoms. The molecule has 0 saturated heterocycles. The highest BCUT2D eigenvalue weighted by atomic mass is 16.4. The molecular formula is C12H11N3O2. The molecule has 0 aliphatic carbocycles. The van der Waals surface area contributed by atoms with Crippen molar-refractivity contribution in [3.63, 3.8) is 0 Å². The summed E-state index contributed by atoms with van der Waals surface area (Å²) in [6.07, 6.45) is 0.588. The van der Waals surface area contributed by atoms with E-state index in [1.54, 1.807) is 0 Å². The molecule has 17 heavy (non-hydrogen) atoms. The van der Waals surface area contributed by atoms with Crippen molar-refractivity contribution < 1.29 is 9.52 Å². The lowest BCUT2D eigenvalue weighted by atomic mass is 10.1. The first kappa shape index (κ1) is 10.0. The molecule has 2 aromatic heterocycles. The molecule has 2 heterocycles. The Morgan fingerprint density at radius 2 is 2.24 bits per heavy atom. The molecule has 0 aliphatic heterocycles. The second-order valence-electron chi connectivity index (χ2n) is 3.99. The Bertz CT molecular complexity index is 643. The van der Waals surface area contributed by atoms with Crippen molar-refractivity contribution in [1.82, 2.24) is 15.4 Å². The van der Waals surface area contributed by atoms with Gasteiger partial charge in [-0.2, -0.15) is 15.4 Å². The molecule has 0 spiro atoms. The maximum Gasteiger partial charge on any atom is 0.157 e. The van der Waals surface area contributed by atoms with Crippen molar-refractivity contribution in [2.24, 2.45) is 0 Å². The van der Waals surface area contributed by atoms with Crippen LogP contribution in [0.2, 0.25) is 0 Å². The van der Waals surface area contributed by atoms with Crippen molar-refractivity contribution in [3.8, 4) is 0 Å². The number of aromatic amines is 1. The summed E-state index contributed by atoms with van der Waals surface area (Å²) in [4.78, 5) is 0. The van der Waals surface area contributed by atoms with E-state index in [1.807, 2.05) is 31.2 Å². The Kier molecular flexibility index (Phi) is 2.19. The van der Waals surface area contributed by atoms with Crippen LogP contribution in [0.5, 0.6) is 0 Å². The van der Waals surface area contributed by atoms with E-state index in [-0.39, 0.29) is 0 Å². The van der Waals surface area contributed by atoms with E-state index < -0.39 is 6.10 Å². The third-order valence-electron chi connectivity index (χ3n) is 2.67. The molecule has 0 radical (unpaired) electrons. The number of nitrogens with one attached hydrogen (secondary N) is 1. The van der Waals surface area contributed by atoms with Crippen molar-refractivity contribution in [2.75, 3.05) is 0 Å². The largest absolute Gasteiger partial charge is 0.458 e. The number of fused-ring (bicyclic) bond motifs is 1. The van der Waals surface area contributed by atoms with Gasteiger partial charge in [-0.1, -0.05) is 11.6 Å². The number of hydrogen-bond donors (Lipinski definition) is 2. The van der Waals surface area contributed by atoms with Gasteiger partial charge in [0, 0.05) is 5.39 Å². The molecule has 0 bridgehead atoms. The zero-order chi connectivity index (χ0) is 11.8. The van der Waals surface area contributed by atoms with Gasteiger partial charge in [-0.15, -0.1) is 0 Å².